The number of halogens is 1. The highest BCUT2D eigenvalue weighted by atomic mass is 19.1. The summed E-state index contributed by atoms with van der Waals surface area (Å²) in [4.78, 5) is 12.2. The zero-order valence-electron chi connectivity index (χ0n) is 11.8. The van der Waals surface area contributed by atoms with Crippen LogP contribution in [0, 0.1) is 5.82 Å². The molecular formula is C16H16FNO3. The van der Waals surface area contributed by atoms with Gasteiger partial charge in [0, 0.05) is 5.69 Å². The third kappa shape index (κ3) is 3.13. The summed E-state index contributed by atoms with van der Waals surface area (Å²) in [5.74, 6) is -0.741. The maximum Gasteiger partial charge on any atom is 0.335 e. The summed E-state index contributed by atoms with van der Waals surface area (Å²) < 4.78 is 17.8. The van der Waals surface area contributed by atoms with Gasteiger partial charge in [0.05, 0.1) is 7.11 Å². The fraction of sp³-hybridized carbons (Fsp3) is 0.188. The molecule has 4 nitrogen and oxygen atoms in total. The molecule has 2 rings (SSSR count). The Morgan fingerprint density at radius 3 is 2.24 bits per heavy atom. The Kier molecular flexibility index (Phi) is 4.12. The Morgan fingerprint density at radius 1 is 1.14 bits per heavy atom. The molecular weight excluding hydrogens is 273 g/mol. The number of rotatable bonds is 4. The van der Waals surface area contributed by atoms with Crippen molar-refractivity contribution >= 4 is 11.7 Å². The van der Waals surface area contributed by atoms with Gasteiger partial charge in [-0.1, -0.05) is 12.1 Å². The smallest absolute Gasteiger partial charge is 0.335 e. The maximum absolute atomic E-state index is 13.0. The van der Waals surface area contributed by atoms with Crippen molar-refractivity contribution in [2.45, 2.75) is 12.5 Å². The van der Waals surface area contributed by atoms with E-state index in [0.29, 0.717) is 11.3 Å². The first-order valence-electron chi connectivity index (χ1n) is 6.37. The van der Waals surface area contributed by atoms with Gasteiger partial charge in [0.15, 0.2) is 5.54 Å². The molecule has 0 aromatic heterocycles. The number of carbonyl (C=O) groups excluding carboxylic acids is 1. The third-order valence-electron chi connectivity index (χ3n) is 3.28. The highest BCUT2D eigenvalue weighted by Crippen LogP contribution is 2.29. The van der Waals surface area contributed by atoms with E-state index >= 15 is 0 Å². The van der Waals surface area contributed by atoms with E-state index in [1.54, 1.807) is 19.1 Å². The van der Waals surface area contributed by atoms with Crippen LogP contribution in [0.25, 0.3) is 0 Å². The van der Waals surface area contributed by atoms with Crippen molar-refractivity contribution in [2.75, 3.05) is 12.4 Å². The van der Waals surface area contributed by atoms with Crippen LogP contribution in [-0.4, -0.2) is 18.2 Å². The zero-order chi connectivity index (χ0) is 15.5. The molecule has 2 N–H and O–H groups in total. The zero-order valence-corrected chi connectivity index (χ0v) is 11.8. The first-order valence-corrected chi connectivity index (χ1v) is 6.37. The molecule has 110 valence electrons. The fourth-order valence-electron chi connectivity index (χ4n) is 2.06. The van der Waals surface area contributed by atoms with Crippen LogP contribution in [0.3, 0.4) is 0 Å². The molecule has 2 aromatic rings. The minimum atomic E-state index is -1.15. The lowest BCUT2D eigenvalue weighted by Crippen LogP contribution is -2.41. The second-order valence-electron chi connectivity index (χ2n) is 4.80. The number of methoxy groups -OCH3 is 1. The molecule has 0 radical (unpaired) electrons. The molecule has 0 saturated heterocycles. The van der Waals surface area contributed by atoms with Gasteiger partial charge in [0.25, 0.3) is 0 Å². The van der Waals surface area contributed by atoms with Crippen molar-refractivity contribution < 1.29 is 19.0 Å². The highest BCUT2D eigenvalue weighted by Gasteiger charge is 2.36. The number of phenolic OH excluding ortho intramolecular Hbond substituents is 1. The maximum atomic E-state index is 13.0. The number of hydrogen-bond acceptors (Lipinski definition) is 4. The topological polar surface area (TPSA) is 58.6 Å². The van der Waals surface area contributed by atoms with Gasteiger partial charge in [-0.05, 0) is 48.9 Å². The Bertz CT molecular complexity index is 625. The van der Waals surface area contributed by atoms with Crippen molar-refractivity contribution in [1.82, 2.24) is 0 Å². The van der Waals surface area contributed by atoms with Crippen LogP contribution in [0.5, 0.6) is 5.75 Å². The van der Waals surface area contributed by atoms with Gasteiger partial charge >= 0.3 is 5.97 Å². The lowest BCUT2D eigenvalue weighted by atomic mass is 9.91. The van der Waals surface area contributed by atoms with Crippen LogP contribution in [0.1, 0.15) is 12.5 Å². The second-order valence-corrected chi connectivity index (χ2v) is 4.80. The van der Waals surface area contributed by atoms with Crippen LogP contribution in [0.4, 0.5) is 10.1 Å². The summed E-state index contributed by atoms with van der Waals surface area (Å²) in [6.07, 6.45) is 0. The van der Waals surface area contributed by atoms with E-state index in [1.165, 1.54) is 43.5 Å². The molecule has 2 aromatic carbocycles. The lowest BCUT2D eigenvalue weighted by Gasteiger charge is -2.29. The predicted molar refractivity (Wildman–Crippen MR) is 77.5 cm³/mol. The molecule has 0 bridgehead atoms. The minimum absolute atomic E-state index is 0.104. The summed E-state index contributed by atoms with van der Waals surface area (Å²) in [6, 6.07) is 11.9. The van der Waals surface area contributed by atoms with Crippen molar-refractivity contribution in [1.29, 1.82) is 0 Å². The van der Waals surface area contributed by atoms with E-state index < -0.39 is 11.5 Å². The van der Waals surface area contributed by atoms with Gasteiger partial charge in [-0.15, -0.1) is 0 Å². The molecule has 0 saturated carbocycles. The first-order chi connectivity index (χ1) is 9.95. The van der Waals surface area contributed by atoms with Crippen LogP contribution >= 0.6 is 0 Å². The standard InChI is InChI=1S/C16H16FNO3/c1-16(15(20)21-2,11-3-9-14(19)10-4-11)18-13-7-5-12(17)6-8-13/h3-10,18-19H,1-2H3. The first kappa shape index (κ1) is 14.8. The Morgan fingerprint density at radius 2 is 1.71 bits per heavy atom. The average Bonchev–Trinajstić information content (AvgIpc) is 2.49. The van der Waals surface area contributed by atoms with Gasteiger partial charge in [-0.25, -0.2) is 9.18 Å². The van der Waals surface area contributed by atoms with E-state index in [4.69, 9.17) is 4.74 Å². The summed E-state index contributed by atoms with van der Waals surface area (Å²) in [7, 11) is 1.30. The molecule has 0 aliphatic carbocycles. The molecule has 0 aliphatic heterocycles. The Hall–Kier alpha value is -2.56. The Balaban J connectivity index is 2.39. The number of benzene rings is 2. The van der Waals surface area contributed by atoms with Gasteiger partial charge in [0.1, 0.15) is 11.6 Å². The normalized spacial score (nSPS) is 13.3. The van der Waals surface area contributed by atoms with Crippen molar-refractivity contribution in [3.05, 3.63) is 59.9 Å². The van der Waals surface area contributed by atoms with E-state index in [0.717, 1.165) is 0 Å². The quantitative estimate of drug-likeness (QED) is 0.849. The van der Waals surface area contributed by atoms with Gasteiger partial charge < -0.3 is 15.2 Å². The lowest BCUT2D eigenvalue weighted by molar-refractivity contribution is -0.145. The predicted octanol–water partition coefficient (Wildman–Crippen LogP) is 3.03. The fourth-order valence-corrected chi connectivity index (χ4v) is 2.06. The minimum Gasteiger partial charge on any atom is -0.508 e. The van der Waals surface area contributed by atoms with Crippen molar-refractivity contribution in [3.63, 3.8) is 0 Å². The summed E-state index contributed by atoms with van der Waals surface area (Å²) in [5, 5.41) is 12.4. The van der Waals surface area contributed by atoms with E-state index in [2.05, 4.69) is 5.32 Å². The van der Waals surface area contributed by atoms with Gasteiger partial charge in [-0.2, -0.15) is 0 Å². The SMILES string of the molecule is COC(=O)C(C)(Nc1ccc(F)cc1)c1ccc(O)cc1. The number of hydrogen-bond donors (Lipinski definition) is 2. The molecule has 0 spiro atoms. The van der Waals surface area contributed by atoms with Crippen LogP contribution in [0.2, 0.25) is 0 Å². The van der Waals surface area contributed by atoms with Crippen LogP contribution in [0.15, 0.2) is 48.5 Å². The monoisotopic (exact) mass is 289 g/mol. The van der Waals surface area contributed by atoms with E-state index in [9.17, 15) is 14.3 Å². The Labute approximate surface area is 122 Å². The molecule has 5 heteroatoms. The molecule has 0 amide bonds. The molecule has 21 heavy (non-hydrogen) atoms. The van der Waals surface area contributed by atoms with Gasteiger partial charge in [0.2, 0.25) is 0 Å². The summed E-state index contributed by atoms with van der Waals surface area (Å²) in [6.45, 7) is 1.66. The largest absolute Gasteiger partial charge is 0.508 e. The molecule has 0 aliphatic rings. The van der Waals surface area contributed by atoms with Gasteiger partial charge in [-0.3, -0.25) is 0 Å². The molecule has 1 unspecified atom stereocenters. The number of aromatic hydroxyl groups is 1. The number of carbonyl (C=O) groups is 1. The van der Waals surface area contributed by atoms with Crippen LogP contribution in [-0.2, 0) is 15.1 Å². The summed E-state index contributed by atoms with van der Waals surface area (Å²) in [5.41, 5.74) is 0.0501. The number of ether oxygens (including phenoxy) is 1. The number of anilines is 1. The molecule has 1 atom stereocenters. The average molecular weight is 289 g/mol. The van der Waals surface area contributed by atoms with Crippen LogP contribution < -0.4 is 5.32 Å². The van der Waals surface area contributed by atoms with Crippen molar-refractivity contribution in [3.8, 4) is 5.75 Å². The van der Waals surface area contributed by atoms with E-state index in [1.807, 2.05) is 0 Å². The summed E-state index contributed by atoms with van der Waals surface area (Å²) >= 11 is 0. The number of phenols is 1. The van der Waals surface area contributed by atoms with Crippen molar-refractivity contribution in [2.24, 2.45) is 0 Å². The number of nitrogens with one attached hydrogen (secondary N) is 1. The third-order valence-corrected chi connectivity index (χ3v) is 3.28. The number of esters is 1. The highest BCUT2D eigenvalue weighted by molar-refractivity contribution is 5.85. The van der Waals surface area contributed by atoms with E-state index in [-0.39, 0.29) is 11.6 Å². The second kappa shape index (κ2) is 5.83. The molecule has 0 heterocycles. The molecule has 0 fully saturated rings.